The van der Waals surface area contributed by atoms with Crippen LogP contribution >= 0.6 is 0 Å². The maximum atomic E-state index is 12.6. The van der Waals surface area contributed by atoms with Crippen LogP contribution in [0.25, 0.3) is 11.0 Å². The van der Waals surface area contributed by atoms with Crippen molar-refractivity contribution in [1.82, 2.24) is 9.55 Å². The van der Waals surface area contributed by atoms with E-state index in [4.69, 9.17) is 9.47 Å². The first-order chi connectivity index (χ1) is 11.4. The predicted octanol–water partition coefficient (Wildman–Crippen LogP) is 2.41. The van der Waals surface area contributed by atoms with E-state index in [1.165, 1.54) is 0 Å². The molecule has 2 aromatic carbocycles. The van der Waals surface area contributed by atoms with Crippen LogP contribution in [-0.2, 0) is 17.1 Å². The molecule has 8 heteroatoms. The zero-order valence-electron chi connectivity index (χ0n) is 13.1. The zero-order valence-corrected chi connectivity index (χ0v) is 13.9. The number of imidazole rings is 1. The summed E-state index contributed by atoms with van der Waals surface area (Å²) in [6.45, 7) is 2.01. The number of nitrogens with zero attached hydrogens (tertiary/aromatic N) is 2. The minimum absolute atomic E-state index is 0.140. The van der Waals surface area contributed by atoms with Gasteiger partial charge in [0.15, 0.2) is 11.5 Å². The maximum absolute atomic E-state index is 12.6. The molecule has 24 heavy (non-hydrogen) atoms. The number of ether oxygens (including phenoxy) is 2. The fourth-order valence-electron chi connectivity index (χ4n) is 2.64. The third-order valence-corrected chi connectivity index (χ3v) is 5.39. The van der Waals surface area contributed by atoms with Gasteiger partial charge in [0.2, 0.25) is 6.79 Å². The second kappa shape index (κ2) is 5.13. The highest BCUT2D eigenvalue weighted by molar-refractivity contribution is 7.92. The Bertz CT molecular complexity index is 1060. The summed E-state index contributed by atoms with van der Waals surface area (Å²) in [5.74, 6) is 1.94. The van der Waals surface area contributed by atoms with Crippen LogP contribution in [-0.4, -0.2) is 24.8 Å². The minimum Gasteiger partial charge on any atom is -0.454 e. The number of hydrogen-bond acceptors (Lipinski definition) is 5. The van der Waals surface area contributed by atoms with Gasteiger partial charge >= 0.3 is 0 Å². The molecule has 1 N–H and O–H groups in total. The standard InChI is InChI=1S/C16H15N3O4S/c1-10-17-13-8-12(4-5-14(13)19(10)2)24(20,21)18-11-3-6-15-16(7-11)23-9-22-15/h3-8,18H,9H2,1-2H3. The number of aryl methyl sites for hydroxylation is 2. The van der Waals surface area contributed by atoms with Gasteiger partial charge in [-0.2, -0.15) is 0 Å². The lowest BCUT2D eigenvalue weighted by Gasteiger charge is -2.09. The summed E-state index contributed by atoms with van der Waals surface area (Å²) in [6, 6.07) is 9.79. The highest BCUT2D eigenvalue weighted by Gasteiger charge is 2.19. The van der Waals surface area contributed by atoms with Crippen molar-refractivity contribution >= 4 is 26.7 Å². The monoisotopic (exact) mass is 345 g/mol. The molecule has 0 unspecified atom stereocenters. The fourth-order valence-corrected chi connectivity index (χ4v) is 3.71. The van der Waals surface area contributed by atoms with Gasteiger partial charge in [0.05, 0.1) is 21.6 Å². The molecule has 0 aliphatic carbocycles. The Kier molecular flexibility index (Phi) is 3.17. The number of anilines is 1. The van der Waals surface area contributed by atoms with Crippen LogP contribution in [0.2, 0.25) is 0 Å². The Morgan fingerprint density at radius 1 is 1.12 bits per heavy atom. The molecule has 0 fully saturated rings. The van der Waals surface area contributed by atoms with Crippen molar-refractivity contribution in [2.45, 2.75) is 11.8 Å². The molecule has 0 atom stereocenters. The molecule has 1 aromatic heterocycles. The number of fused-ring (bicyclic) bond motifs is 2. The van der Waals surface area contributed by atoms with Crippen molar-refractivity contribution in [1.29, 1.82) is 0 Å². The summed E-state index contributed by atoms with van der Waals surface area (Å²) < 4.78 is 40.2. The Hall–Kier alpha value is -2.74. The van der Waals surface area contributed by atoms with Gasteiger partial charge in [-0.25, -0.2) is 13.4 Å². The van der Waals surface area contributed by atoms with Gasteiger partial charge in [0.1, 0.15) is 5.82 Å². The molecule has 1 aliphatic rings. The van der Waals surface area contributed by atoms with Crippen molar-refractivity contribution in [3.05, 3.63) is 42.2 Å². The van der Waals surface area contributed by atoms with Gasteiger partial charge in [-0.15, -0.1) is 0 Å². The molecule has 0 radical (unpaired) electrons. The third-order valence-electron chi connectivity index (χ3n) is 4.01. The van der Waals surface area contributed by atoms with Crippen LogP contribution in [0.5, 0.6) is 11.5 Å². The Morgan fingerprint density at radius 2 is 1.92 bits per heavy atom. The van der Waals surface area contributed by atoms with E-state index in [1.807, 2.05) is 18.5 Å². The summed E-state index contributed by atoms with van der Waals surface area (Å²) in [5, 5.41) is 0. The maximum Gasteiger partial charge on any atom is 0.261 e. The van der Waals surface area contributed by atoms with Crippen molar-refractivity contribution in [3.8, 4) is 11.5 Å². The quantitative estimate of drug-likeness (QED) is 0.788. The normalized spacial score (nSPS) is 13.4. The lowest BCUT2D eigenvalue weighted by Crippen LogP contribution is -2.12. The molecule has 0 saturated carbocycles. The topological polar surface area (TPSA) is 82.5 Å². The molecular formula is C16H15N3O4S. The average molecular weight is 345 g/mol. The first-order valence-corrected chi connectivity index (χ1v) is 8.78. The molecule has 0 bridgehead atoms. The number of sulfonamides is 1. The number of benzene rings is 2. The van der Waals surface area contributed by atoms with Crippen LogP contribution in [0.1, 0.15) is 5.82 Å². The van der Waals surface area contributed by atoms with E-state index >= 15 is 0 Å². The van der Waals surface area contributed by atoms with Gasteiger partial charge in [0.25, 0.3) is 10.0 Å². The van der Waals surface area contributed by atoms with Gasteiger partial charge in [0, 0.05) is 13.1 Å². The number of rotatable bonds is 3. The first kappa shape index (κ1) is 14.8. The SMILES string of the molecule is Cc1nc2cc(S(=O)(=O)Nc3ccc4c(c3)OCO4)ccc2n1C. The number of aromatic nitrogens is 2. The number of nitrogens with one attached hydrogen (secondary N) is 1. The lowest BCUT2D eigenvalue weighted by atomic mass is 10.3. The highest BCUT2D eigenvalue weighted by Crippen LogP contribution is 2.35. The van der Waals surface area contributed by atoms with E-state index in [9.17, 15) is 8.42 Å². The summed E-state index contributed by atoms with van der Waals surface area (Å²) in [4.78, 5) is 4.53. The third kappa shape index (κ3) is 2.35. The largest absolute Gasteiger partial charge is 0.454 e. The molecule has 0 spiro atoms. The molecule has 1 aliphatic heterocycles. The van der Waals surface area contributed by atoms with Crippen LogP contribution in [0, 0.1) is 6.92 Å². The zero-order chi connectivity index (χ0) is 16.9. The summed E-state index contributed by atoms with van der Waals surface area (Å²) >= 11 is 0. The molecule has 7 nitrogen and oxygen atoms in total. The molecule has 124 valence electrons. The molecule has 3 aromatic rings. The lowest BCUT2D eigenvalue weighted by molar-refractivity contribution is 0.174. The smallest absolute Gasteiger partial charge is 0.261 e. The van der Waals surface area contributed by atoms with Crippen molar-refractivity contribution < 1.29 is 17.9 Å². The summed E-state index contributed by atoms with van der Waals surface area (Å²) in [5.41, 5.74) is 1.94. The van der Waals surface area contributed by atoms with E-state index in [0.717, 1.165) is 11.3 Å². The van der Waals surface area contributed by atoms with E-state index < -0.39 is 10.0 Å². The Labute approximate surface area is 138 Å². The molecule has 0 amide bonds. The van der Waals surface area contributed by atoms with E-state index in [2.05, 4.69) is 9.71 Å². The van der Waals surface area contributed by atoms with E-state index in [1.54, 1.807) is 36.4 Å². The number of hydrogen-bond donors (Lipinski definition) is 1. The van der Waals surface area contributed by atoms with Crippen molar-refractivity contribution in [3.63, 3.8) is 0 Å². The fraction of sp³-hybridized carbons (Fsp3) is 0.188. The summed E-state index contributed by atoms with van der Waals surface area (Å²) in [7, 11) is -1.83. The first-order valence-electron chi connectivity index (χ1n) is 7.29. The van der Waals surface area contributed by atoms with Gasteiger partial charge in [-0.1, -0.05) is 0 Å². The molecule has 0 saturated heterocycles. The Balaban J connectivity index is 1.69. The van der Waals surface area contributed by atoms with Crippen LogP contribution in [0.3, 0.4) is 0 Å². The Morgan fingerprint density at radius 3 is 2.75 bits per heavy atom. The van der Waals surface area contributed by atoms with Gasteiger partial charge in [-0.3, -0.25) is 4.72 Å². The second-order valence-electron chi connectivity index (χ2n) is 5.54. The van der Waals surface area contributed by atoms with Crippen molar-refractivity contribution in [2.24, 2.45) is 7.05 Å². The highest BCUT2D eigenvalue weighted by atomic mass is 32.2. The molecule has 4 rings (SSSR count). The van der Waals surface area contributed by atoms with Crippen LogP contribution < -0.4 is 14.2 Å². The van der Waals surface area contributed by atoms with Gasteiger partial charge < -0.3 is 14.0 Å². The van der Waals surface area contributed by atoms with Crippen molar-refractivity contribution in [2.75, 3.05) is 11.5 Å². The second-order valence-corrected chi connectivity index (χ2v) is 7.22. The average Bonchev–Trinajstić information content (AvgIpc) is 3.11. The molecule has 2 heterocycles. The predicted molar refractivity (Wildman–Crippen MR) is 88.8 cm³/mol. The minimum atomic E-state index is -3.72. The van der Waals surface area contributed by atoms with E-state index in [-0.39, 0.29) is 11.7 Å². The van der Waals surface area contributed by atoms with Gasteiger partial charge in [-0.05, 0) is 37.3 Å². The summed E-state index contributed by atoms with van der Waals surface area (Å²) in [6.07, 6.45) is 0. The van der Waals surface area contributed by atoms with E-state index in [0.29, 0.717) is 22.7 Å². The van der Waals surface area contributed by atoms with Crippen LogP contribution in [0.4, 0.5) is 5.69 Å². The van der Waals surface area contributed by atoms with Crippen LogP contribution in [0.15, 0.2) is 41.3 Å². The molecular weight excluding hydrogens is 330 g/mol.